The highest BCUT2D eigenvalue weighted by atomic mass is 16.5. The molecule has 1 heterocycles. The van der Waals surface area contributed by atoms with Crippen LogP contribution in [0, 0.1) is 0 Å². The Morgan fingerprint density at radius 1 is 1.35 bits per heavy atom. The Kier molecular flexibility index (Phi) is 4.54. The number of nitrogen functional groups attached to an aromatic ring is 1. The third-order valence-corrected chi connectivity index (χ3v) is 3.33. The first-order chi connectivity index (χ1) is 9.58. The summed E-state index contributed by atoms with van der Waals surface area (Å²) in [6.45, 7) is 0.0743. The molecule has 0 atom stereocenters. The number of aliphatic carboxylic acids is 1. The van der Waals surface area contributed by atoms with Gasteiger partial charge >= 0.3 is 11.9 Å². The summed E-state index contributed by atoms with van der Waals surface area (Å²) in [7, 11) is 0. The van der Waals surface area contributed by atoms with Crippen LogP contribution in [0.1, 0.15) is 49.0 Å². The number of aromatic nitrogens is 3. The fourth-order valence-corrected chi connectivity index (χ4v) is 2.22. The second kappa shape index (κ2) is 6.36. The minimum absolute atomic E-state index is 0.0408. The van der Waals surface area contributed by atoms with Gasteiger partial charge in [-0.1, -0.05) is 11.6 Å². The van der Waals surface area contributed by atoms with E-state index in [4.69, 9.17) is 15.6 Å². The lowest BCUT2D eigenvalue weighted by atomic mass is 9.98. The fourth-order valence-electron chi connectivity index (χ4n) is 2.22. The van der Waals surface area contributed by atoms with Gasteiger partial charge in [-0.3, -0.25) is 4.79 Å². The summed E-state index contributed by atoms with van der Waals surface area (Å²) >= 11 is 0. The lowest BCUT2D eigenvalue weighted by Gasteiger charge is -2.21. The molecule has 1 saturated carbocycles. The molecule has 0 aromatic carbocycles. The number of nitrogens with zero attached hydrogens (tertiary/aromatic N) is 3. The molecule has 20 heavy (non-hydrogen) atoms. The monoisotopic (exact) mass is 282 g/mol. The van der Waals surface area contributed by atoms with E-state index < -0.39 is 11.9 Å². The van der Waals surface area contributed by atoms with Crippen LogP contribution in [0.2, 0.25) is 0 Å². The number of hydrogen-bond donors (Lipinski definition) is 2. The van der Waals surface area contributed by atoms with Crippen molar-refractivity contribution in [2.45, 2.75) is 51.2 Å². The summed E-state index contributed by atoms with van der Waals surface area (Å²) < 4.78 is 6.55. The number of carboxylic acids is 1. The number of rotatable bonds is 5. The molecule has 0 spiro atoms. The number of carbonyl (C=O) groups excluding carboxylic acids is 1. The van der Waals surface area contributed by atoms with E-state index in [-0.39, 0.29) is 30.6 Å². The Labute approximate surface area is 115 Å². The molecular formula is C12H18N4O4. The Morgan fingerprint density at radius 3 is 2.70 bits per heavy atom. The molecule has 1 aromatic heterocycles. The van der Waals surface area contributed by atoms with Gasteiger partial charge in [0.1, 0.15) is 6.10 Å². The second-order valence-electron chi connectivity index (χ2n) is 4.86. The standard InChI is InChI=1S/C12H18N4O4/c13-11-10(14-15-16(11)7-6-9(17)18)12(19)20-8-4-2-1-3-5-8/h8H,1-7,13H2,(H,17,18). The summed E-state index contributed by atoms with van der Waals surface area (Å²) in [5.74, 6) is -1.51. The molecule has 0 amide bonds. The van der Waals surface area contributed by atoms with E-state index in [0.717, 1.165) is 25.7 Å². The average Bonchev–Trinajstić information content (AvgIpc) is 2.79. The molecule has 8 nitrogen and oxygen atoms in total. The SMILES string of the molecule is Nc1c(C(=O)OC2CCCCC2)nnn1CCC(=O)O. The van der Waals surface area contributed by atoms with Gasteiger partial charge in [-0.25, -0.2) is 9.48 Å². The van der Waals surface area contributed by atoms with Gasteiger partial charge in [0.2, 0.25) is 5.69 Å². The molecule has 1 aliphatic carbocycles. The first kappa shape index (κ1) is 14.3. The van der Waals surface area contributed by atoms with Gasteiger partial charge in [-0.2, -0.15) is 0 Å². The highest BCUT2D eigenvalue weighted by Gasteiger charge is 2.24. The highest BCUT2D eigenvalue weighted by Crippen LogP contribution is 2.22. The van der Waals surface area contributed by atoms with Gasteiger partial charge in [0, 0.05) is 0 Å². The number of nitrogens with two attached hydrogens (primary N) is 1. The zero-order valence-electron chi connectivity index (χ0n) is 11.1. The number of anilines is 1. The van der Waals surface area contributed by atoms with Gasteiger partial charge in [0.25, 0.3) is 0 Å². The van der Waals surface area contributed by atoms with Crippen molar-refractivity contribution >= 4 is 17.8 Å². The second-order valence-corrected chi connectivity index (χ2v) is 4.86. The zero-order valence-corrected chi connectivity index (χ0v) is 11.1. The zero-order chi connectivity index (χ0) is 14.5. The fraction of sp³-hybridized carbons (Fsp3) is 0.667. The number of carbonyl (C=O) groups is 2. The van der Waals surface area contributed by atoms with Crippen LogP contribution in [-0.4, -0.2) is 38.1 Å². The van der Waals surface area contributed by atoms with Crippen molar-refractivity contribution in [3.05, 3.63) is 5.69 Å². The Hall–Kier alpha value is -2.12. The molecule has 0 radical (unpaired) electrons. The van der Waals surface area contributed by atoms with E-state index in [1.54, 1.807) is 0 Å². The van der Waals surface area contributed by atoms with E-state index in [9.17, 15) is 9.59 Å². The van der Waals surface area contributed by atoms with E-state index in [1.807, 2.05) is 0 Å². The van der Waals surface area contributed by atoms with Gasteiger partial charge < -0.3 is 15.6 Å². The molecule has 2 rings (SSSR count). The number of hydrogen-bond acceptors (Lipinski definition) is 6. The number of esters is 1. The van der Waals surface area contributed by atoms with Gasteiger partial charge in [0.05, 0.1) is 13.0 Å². The molecule has 8 heteroatoms. The van der Waals surface area contributed by atoms with Crippen molar-refractivity contribution in [3.8, 4) is 0 Å². The Balaban J connectivity index is 1.97. The van der Waals surface area contributed by atoms with Crippen molar-refractivity contribution in [1.29, 1.82) is 0 Å². The maximum atomic E-state index is 12.0. The normalized spacial score (nSPS) is 16.0. The van der Waals surface area contributed by atoms with Crippen LogP contribution in [0.25, 0.3) is 0 Å². The Bertz CT molecular complexity index is 494. The van der Waals surface area contributed by atoms with Crippen molar-refractivity contribution in [2.75, 3.05) is 5.73 Å². The van der Waals surface area contributed by atoms with E-state index in [1.165, 1.54) is 11.1 Å². The van der Waals surface area contributed by atoms with Crippen molar-refractivity contribution in [2.24, 2.45) is 0 Å². The van der Waals surface area contributed by atoms with Crippen LogP contribution in [0.3, 0.4) is 0 Å². The predicted molar refractivity (Wildman–Crippen MR) is 69.0 cm³/mol. The lowest BCUT2D eigenvalue weighted by Crippen LogP contribution is -2.22. The first-order valence-electron chi connectivity index (χ1n) is 6.69. The lowest BCUT2D eigenvalue weighted by molar-refractivity contribution is -0.137. The van der Waals surface area contributed by atoms with Crippen LogP contribution in [-0.2, 0) is 16.1 Å². The van der Waals surface area contributed by atoms with Gasteiger partial charge in [-0.15, -0.1) is 5.10 Å². The maximum absolute atomic E-state index is 12.0. The van der Waals surface area contributed by atoms with Crippen LogP contribution in [0.4, 0.5) is 5.82 Å². The van der Waals surface area contributed by atoms with Crippen molar-refractivity contribution in [1.82, 2.24) is 15.0 Å². The minimum atomic E-state index is -0.966. The number of aryl methyl sites for hydroxylation is 1. The van der Waals surface area contributed by atoms with E-state index >= 15 is 0 Å². The van der Waals surface area contributed by atoms with Gasteiger partial charge in [0.15, 0.2) is 5.82 Å². The highest BCUT2D eigenvalue weighted by molar-refractivity contribution is 5.91. The number of ether oxygens (including phenoxy) is 1. The van der Waals surface area contributed by atoms with Crippen molar-refractivity contribution in [3.63, 3.8) is 0 Å². The van der Waals surface area contributed by atoms with Crippen molar-refractivity contribution < 1.29 is 19.4 Å². The van der Waals surface area contributed by atoms with Crippen LogP contribution in [0.15, 0.2) is 0 Å². The van der Waals surface area contributed by atoms with Crippen LogP contribution < -0.4 is 5.73 Å². The quantitative estimate of drug-likeness (QED) is 0.767. The smallest absolute Gasteiger partial charge is 0.363 e. The topological polar surface area (TPSA) is 120 Å². The van der Waals surface area contributed by atoms with Crippen LogP contribution in [0.5, 0.6) is 0 Å². The van der Waals surface area contributed by atoms with Crippen LogP contribution >= 0.6 is 0 Å². The van der Waals surface area contributed by atoms with E-state index in [0.29, 0.717) is 0 Å². The van der Waals surface area contributed by atoms with Gasteiger partial charge in [-0.05, 0) is 25.7 Å². The third kappa shape index (κ3) is 3.46. The largest absolute Gasteiger partial charge is 0.481 e. The summed E-state index contributed by atoms with van der Waals surface area (Å²) in [6.07, 6.45) is 4.78. The maximum Gasteiger partial charge on any atom is 0.363 e. The predicted octanol–water partition coefficient (Wildman–Crippen LogP) is 0.824. The molecule has 1 aromatic rings. The summed E-state index contributed by atoms with van der Waals surface area (Å²) in [4.78, 5) is 22.4. The molecule has 110 valence electrons. The molecule has 1 fully saturated rings. The Morgan fingerprint density at radius 2 is 2.05 bits per heavy atom. The molecular weight excluding hydrogens is 264 g/mol. The minimum Gasteiger partial charge on any atom is -0.481 e. The molecule has 0 saturated heterocycles. The molecule has 0 aliphatic heterocycles. The molecule has 0 unspecified atom stereocenters. The van der Waals surface area contributed by atoms with E-state index in [2.05, 4.69) is 10.3 Å². The average molecular weight is 282 g/mol. The summed E-state index contributed by atoms with van der Waals surface area (Å²) in [5.41, 5.74) is 5.70. The first-order valence-corrected chi connectivity index (χ1v) is 6.69. The number of carboxylic acid groups (broad SMARTS) is 1. The summed E-state index contributed by atoms with van der Waals surface area (Å²) in [5, 5.41) is 16.0. The third-order valence-electron chi connectivity index (χ3n) is 3.33. The summed E-state index contributed by atoms with van der Waals surface area (Å²) in [6, 6.07) is 0. The molecule has 3 N–H and O–H groups in total. The molecule has 0 bridgehead atoms. The molecule has 1 aliphatic rings.